The Balaban J connectivity index is 1.42. The third kappa shape index (κ3) is 5.92. The quantitative estimate of drug-likeness (QED) is 0.281. The number of nitrogens with one attached hydrogen (secondary N) is 1. The van der Waals surface area contributed by atoms with Crippen LogP contribution in [0.15, 0.2) is 66.7 Å². The Kier molecular flexibility index (Phi) is 7.47. The lowest BCUT2D eigenvalue weighted by Crippen LogP contribution is -2.13. The molecule has 4 aromatic rings. The summed E-state index contributed by atoms with van der Waals surface area (Å²) in [5.74, 6) is 0.964. The summed E-state index contributed by atoms with van der Waals surface area (Å²) >= 11 is 18.3. The van der Waals surface area contributed by atoms with Crippen LogP contribution >= 0.6 is 34.8 Å². The Hall–Kier alpha value is -2.99. The number of carbonyl (C=O) groups is 1. The number of amides is 1. The molecule has 0 fully saturated rings. The molecule has 0 aliphatic carbocycles. The largest absolute Gasteiger partial charge is 0.489 e. The number of hydrogen-bond donors (Lipinski definition) is 1. The van der Waals surface area contributed by atoms with Crippen LogP contribution in [0.2, 0.25) is 15.1 Å². The minimum Gasteiger partial charge on any atom is -0.489 e. The molecule has 34 heavy (non-hydrogen) atoms. The van der Waals surface area contributed by atoms with Gasteiger partial charge in [0.15, 0.2) is 5.82 Å². The molecule has 0 saturated carbocycles. The second-order valence-electron chi connectivity index (χ2n) is 7.92. The van der Waals surface area contributed by atoms with E-state index >= 15 is 0 Å². The molecule has 0 unspecified atom stereocenters. The predicted octanol–water partition coefficient (Wildman–Crippen LogP) is 7.34. The number of benzene rings is 3. The van der Waals surface area contributed by atoms with E-state index in [0.717, 1.165) is 28.1 Å². The molecule has 174 valence electrons. The summed E-state index contributed by atoms with van der Waals surface area (Å²) < 4.78 is 7.68. The highest BCUT2D eigenvalue weighted by atomic mass is 35.5. The third-order valence-corrected chi connectivity index (χ3v) is 6.10. The molecule has 0 aliphatic heterocycles. The van der Waals surface area contributed by atoms with Gasteiger partial charge in [-0.3, -0.25) is 9.48 Å². The van der Waals surface area contributed by atoms with Crippen LogP contribution in [0, 0.1) is 13.8 Å². The smallest absolute Gasteiger partial charge is 0.256 e. The van der Waals surface area contributed by atoms with Gasteiger partial charge in [-0.15, -0.1) is 0 Å². The second kappa shape index (κ2) is 10.5. The first-order chi connectivity index (χ1) is 16.3. The minimum absolute atomic E-state index is 0.251. The maximum absolute atomic E-state index is 12.9. The Labute approximate surface area is 213 Å². The number of ether oxygens (including phenoxy) is 1. The normalized spacial score (nSPS) is 10.9. The Morgan fingerprint density at radius 2 is 1.74 bits per heavy atom. The van der Waals surface area contributed by atoms with Crippen LogP contribution in [0.1, 0.15) is 32.7 Å². The van der Waals surface area contributed by atoms with Crippen LogP contribution in [0.25, 0.3) is 0 Å². The fourth-order valence-corrected chi connectivity index (χ4v) is 4.16. The van der Waals surface area contributed by atoms with Gasteiger partial charge in [0.25, 0.3) is 5.91 Å². The number of aryl methyl sites for hydroxylation is 2. The van der Waals surface area contributed by atoms with Crippen molar-refractivity contribution in [1.29, 1.82) is 0 Å². The highest BCUT2D eigenvalue weighted by Crippen LogP contribution is 2.24. The van der Waals surface area contributed by atoms with Crippen molar-refractivity contribution >= 4 is 46.5 Å². The summed E-state index contributed by atoms with van der Waals surface area (Å²) in [5.41, 5.74) is 4.12. The molecule has 0 atom stereocenters. The van der Waals surface area contributed by atoms with Crippen molar-refractivity contribution in [2.45, 2.75) is 27.0 Å². The van der Waals surface area contributed by atoms with Gasteiger partial charge < -0.3 is 10.1 Å². The molecular formula is C26H22Cl3N3O2. The lowest BCUT2D eigenvalue weighted by atomic mass is 10.1. The van der Waals surface area contributed by atoms with E-state index in [1.54, 1.807) is 35.0 Å². The molecule has 1 amide bonds. The Morgan fingerprint density at radius 3 is 2.50 bits per heavy atom. The van der Waals surface area contributed by atoms with Crippen LogP contribution in [0.5, 0.6) is 5.75 Å². The Bertz CT molecular complexity index is 1350. The van der Waals surface area contributed by atoms with Gasteiger partial charge >= 0.3 is 0 Å². The molecule has 0 aliphatic rings. The standard InChI is InChI=1S/C26H22Cl3N3O2/c1-16-10-21(27)8-9-24(16)34-15-18-4-3-5-19(12-18)26(33)30-25-11-17(2)32(31-25)14-20-6-7-22(28)13-23(20)29/h3-13H,14-15H2,1-2H3,(H,30,31,33). The van der Waals surface area contributed by atoms with E-state index in [9.17, 15) is 4.79 Å². The maximum Gasteiger partial charge on any atom is 0.256 e. The molecule has 0 bridgehead atoms. The highest BCUT2D eigenvalue weighted by molar-refractivity contribution is 6.35. The Morgan fingerprint density at radius 1 is 0.971 bits per heavy atom. The van der Waals surface area contributed by atoms with E-state index in [4.69, 9.17) is 39.5 Å². The van der Waals surface area contributed by atoms with Gasteiger partial charge in [0.1, 0.15) is 12.4 Å². The fraction of sp³-hybridized carbons (Fsp3) is 0.154. The van der Waals surface area contributed by atoms with E-state index in [2.05, 4.69) is 10.4 Å². The SMILES string of the molecule is Cc1cc(Cl)ccc1OCc1cccc(C(=O)Nc2cc(C)n(Cc3ccc(Cl)cc3Cl)n2)c1. The molecule has 0 spiro atoms. The van der Waals surface area contributed by atoms with Gasteiger partial charge in [0, 0.05) is 32.4 Å². The molecule has 1 aromatic heterocycles. The summed E-state index contributed by atoms with van der Waals surface area (Å²) in [5, 5.41) is 9.18. The van der Waals surface area contributed by atoms with Crippen LogP contribution in [0.4, 0.5) is 5.82 Å². The van der Waals surface area contributed by atoms with E-state index < -0.39 is 0 Å². The van der Waals surface area contributed by atoms with Crippen molar-refractivity contribution in [3.05, 3.63) is 110 Å². The summed E-state index contributed by atoms with van der Waals surface area (Å²) in [6, 6.07) is 19.9. The monoisotopic (exact) mass is 513 g/mol. The van der Waals surface area contributed by atoms with Crippen molar-refractivity contribution in [1.82, 2.24) is 9.78 Å². The molecule has 4 rings (SSSR count). The third-order valence-electron chi connectivity index (χ3n) is 5.28. The van der Waals surface area contributed by atoms with Gasteiger partial charge in [-0.1, -0.05) is 53.0 Å². The van der Waals surface area contributed by atoms with Crippen molar-refractivity contribution in [3.8, 4) is 5.75 Å². The number of nitrogens with zero attached hydrogens (tertiary/aromatic N) is 2. The van der Waals surface area contributed by atoms with Crippen LogP contribution in [-0.4, -0.2) is 15.7 Å². The predicted molar refractivity (Wildman–Crippen MR) is 137 cm³/mol. The van der Waals surface area contributed by atoms with Gasteiger partial charge in [-0.2, -0.15) is 5.10 Å². The first-order valence-electron chi connectivity index (χ1n) is 10.6. The summed E-state index contributed by atoms with van der Waals surface area (Å²) in [4.78, 5) is 12.9. The molecule has 0 saturated heterocycles. The fourth-order valence-electron chi connectivity index (χ4n) is 3.47. The van der Waals surface area contributed by atoms with Crippen molar-refractivity contribution in [3.63, 3.8) is 0 Å². The van der Waals surface area contributed by atoms with Gasteiger partial charge in [-0.05, 0) is 73.0 Å². The zero-order valence-corrected chi connectivity index (χ0v) is 20.9. The minimum atomic E-state index is -0.251. The summed E-state index contributed by atoms with van der Waals surface area (Å²) in [7, 11) is 0. The molecule has 3 aromatic carbocycles. The lowest BCUT2D eigenvalue weighted by molar-refractivity contribution is 0.102. The lowest BCUT2D eigenvalue weighted by Gasteiger charge is -2.10. The first-order valence-corrected chi connectivity index (χ1v) is 11.7. The number of aromatic nitrogens is 2. The molecule has 8 heteroatoms. The van der Waals surface area contributed by atoms with Crippen LogP contribution in [0.3, 0.4) is 0 Å². The van der Waals surface area contributed by atoms with Gasteiger partial charge in [0.2, 0.25) is 0 Å². The average Bonchev–Trinajstić information content (AvgIpc) is 3.13. The highest BCUT2D eigenvalue weighted by Gasteiger charge is 2.12. The van der Waals surface area contributed by atoms with Gasteiger partial charge in [-0.25, -0.2) is 0 Å². The van der Waals surface area contributed by atoms with Gasteiger partial charge in [0.05, 0.1) is 6.54 Å². The summed E-state index contributed by atoms with van der Waals surface area (Å²) in [6.07, 6.45) is 0. The first kappa shape index (κ1) is 24.1. The molecule has 0 radical (unpaired) electrons. The number of hydrogen-bond acceptors (Lipinski definition) is 3. The molecule has 1 N–H and O–H groups in total. The van der Waals surface area contributed by atoms with Crippen molar-refractivity contribution < 1.29 is 9.53 Å². The zero-order chi connectivity index (χ0) is 24.2. The second-order valence-corrected chi connectivity index (χ2v) is 9.20. The van der Waals surface area contributed by atoms with Crippen molar-refractivity contribution in [2.75, 3.05) is 5.32 Å². The van der Waals surface area contributed by atoms with Crippen molar-refractivity contribution in [2.24, 2.45) is 0 Å². The van der Waals surface area contributed by atoms with Crippen LogP contribution in [-0.2, 0) is 13.2 Å². The molecular weight excluding hydrogens is 493 g/mol. The number of rotatable bonds is 7. The molecule has 5 nitrogen and oxygen atoms in total. The van der Waals surface area contributed by atoms with E-state index in [1.807, 2.05) is 50.2 Å². The van der Waals surface area contributed by atoms with E-state index in [1.165, 1.54) is 0 Å². The summed E-state index contributed by atoms with van der Waals surface area (Å²) in [6.45, 7) is 4.66. The number of halogens is 3. The number of carbonyl (C=O) groups excluding carboxylic acids is 1. The average molecular weight is 515 g/mol. The van der Waals surface area contributed by atoms with E-state index in [-0.39, 0.29) is 5.91 Å². The van der Waals surface area contributed by atoms with E-state index in [0.29, 0.717) is 39.6 Å². The molecule has 1 heterocycles. The number of anilines is 1. The topological polar surface area (TPSA) is 56.1 Å². The maximum atomic E-state index is 12.9. The van der Waals surface area contributed by atoms with Crippen LogP contribution < -0.4 is 10.1 Å². The zero-order valence-electron chi connectivity index (χ0n) is 18.6.